The number of esters is 3. The third kappa shape index (κ3) is 8.44. The van der Waals surface area contributed by atoms with E-state index in [1.165, 1.54) is 6.92 Å². The van der Waals surface area contributed by atoms with Crippen LogP contribution in [0.2, 0.25) is 0 Å². The maximum atomic E-state index is 13.3. The van der Waals surface area contributed by atoms with Crippen LogP contribution in [0.4, 0.5) is 0 Å². The number of benzene rings is 2. The van der Waals surface area contributed by atoms with Crippen LogP contribution in [-0.4, -0.2) is 59.2 Å². The fourth-order valence-electron chi connectivity index (χ4n) is 13.9. The molecule has 1 aliphatic heterocycles. The van der Waals surface area contributed by atoms with Gasteiger partial charge in [0, 0.05) is 31.3 Å². The van der Waals surface area contributed by atoms with Crippen LogP contribution >= 0.6 is 0 Å². The summed E-state index contributed by atoms with van der Waals surface area (Å²) in [5.74, 6) is -2.16. The molecule has 4 aliphatic carbocycles. The van der Waals surface area contributed by atoms with Crippen molar-refractivity contribution in [2.75, 3.05) is 0 Å². The van der Waals surface area contributed by atoms with Crippen molar-refractivity contribution < 1.29 is 42.9 Å². The van der Waals surface area contributed by atoms with Crippen molar-refractivity contribution >= 4 is 29.7 Å². The summed E-state index contributed by atoms with van der Waals surface area (Å²) in [4.78, 5) is 64.9. The highest BCUT2D eigenvalue weighted by Crippen LogP contribution is 2.76. The highest BCUT2D eigenvalue weighted by Gasteiger charge is 2.73. The number of carbonyl (C=O) groups excluding carboxylic acids is 5. The van der Waals surface area contributed by atoms with Crippen molar-refractivity contribution in [3.63, 3.8) is 0 Å². The number of amides is 2. The molecule has 1 heterocycles. The molecule has 2 amide bonds. The quantitative estimate of drug-likeness (QED) is 0.0985. The Morgan fingerprint density at radius 2 is 1.34 bits per heavy atom. The van der Waals surface area contributed by atoms with Gasteiger partial charge >= 0.3 is 23.8 Å². The van der Waals surface area contributed by atoms with E-state index in [1.54, 1.807) is 0 Å². The molecule has 4 saturated carbocycles. The lowest BCUT2D eigenvalue weighted by Crippen LogP contribution is -2.67. The lowest BCUT2D eigenvalue weighted by Gasteiger charge is -2.70. The van der Waals surface area contributed by atoms with E-state index in [2.05, 4.69) is 52.2 Å². The third-order valence-electron chi connectivity index (χ3n) is 17.2. The summed E-state index contributed by atoms with van der Waals surface area (Å²) < 4.78 is 25.6. The molecule has 5 fully saturated rings. The SMILES string of the molecule is CC(=O)O[C@@H]1C[C@@H]2[C@@]3(C)CC[C@@H](OC(=O)CC(=O)NCc4ccccc4)C(C)(C)[C@@H]3CC[C@@]2(C)[C@]2(C)CC[C@H]([C@]3(C)CC[C@H](C(C)(C)OC(=O)C(=O)NCc4ccccc4)O3)[C@@H]12. The van der Waals surface area contributed by atoms with E-state index in [-0.39, 0.29) is 82.4 Å². The first-order chi connectivity index (χ1) is 29.1. The lowest BCUT2D eigenvalue weighted by atomic mass is 9.35. The molecule has 11 nitrogen and oxygen atoms in total. The van der Waals surface area contributed by atoms with Crippen LogP contribution in [0.3, 0.4) is 0 Å². The normalized spacial score (nSPS) is 35.9. The molecule has 11 atom stereocenters. The summed E-state index contributed by atoms with van der Waals surface area (Å²) in [6, 6.07) is 19.0. The van der Waals surface area contributed by atoms with Crippen LogP contribution in [0, 0.1) is 45.3 Å². The van der Waals surface area contributed by atoms with E-state index in [4.69, 9.17) is 18.9 Å². The molecule has 0 aromatic heterocycles. The van der Waals surface area contributed by atoms with Crippen LogP contribution in [0.25, 0.3) is 0 Å². The zero-order valence-corrected chi connectivity index (χ0v) is 38.5. The molecule has 2 N–H and O–H groups in total. The van der Waals surface area contributed by atoms with Gasteiger partial charge in [0.15, 0.2) is 0 Å². The van der Waals surface area contributed by atoms with Crippen molar-refractivity contribution in [2.45, 2.75) is 169 Å². The molecule has 338 valence electrons. The van der Waals surface area contributed by atoms with Crippen molar-refractivity contribution in [3.05, 3.63) is 71.8 Å². The summed E-state index contributed by atoms with van der Waals surface area (Å²) >= 11 is 0. The Morgan fingerprint density at radius 1 is 0.726 bits per heavy atom. The highest BCUT2D eigenvalue weighted by molar-refractivity contribution is 6.32. The Labute approximate surface area is 368 Å². The maximum absolute atomic E-state index is 13.3. The number of nitrogens with one attached hydrogen (secondary N) is 2. The summed E-state index contributed by atoms with van der Waals surface area (Å²) in [5, 5.41) is 5.52. The Bertz CT molecular complexity index is 2000. The zero-order valence-electron chi connectivity index (χ0n) is 38.5. The summed E-state index contributed by atoms with van der Waals surface area (Å²) in [6.45, 7) is 19.8. The molecule has 0 spiro atoms. The van der Waals surface area contributed by atoms with Crippen LogP contribution < -0.4 is 10.6 Å². The first kappa shape index (κ1) is 45.8. The van der Waals surface area contributed by atoms with Gasteiger partial charge in [-0.15, -0.1) is 0 Å². The molecule has 0 bridgehead atoms. The Morgan fingerprint density at radius 3 is 1.97 bits per heavy atom. The number of hydrogen-bond acceptors (Lipinski definition) is 9. The van der Waals surface area contributed by atoms with E-state index < -0.39 is 35.2 Å². The van der Waals surface area contributed by atoms with Gasteiger partial charge < -0.3 is 29.6 Å². The predicted molar refractivity (Wildman–Crippen MR) is 234 cm³/mol. The second-order valence-electron chi connectivity index (χ2n) is 21.4. The number of rotatable bonds is 11. The van der Waals surface area contributed by atoms with Crippen LogP contribution in [-0.2, 0) is 56.0 Å². The minimum Gasteiger partial charge on any atom is -0.462 e. The van der Waals surface area contributed by atoms with Gasteiger partial charge in [-0.05, 0) is 124 Å². The molecule has 2 aromatic rings. The van der Waals surface area contributed by atoms with Gasteiger partial charge in [-0.3, -0.25) is 19.2 Å². The monoisotopic (exact) mass is 855 g/mol. The van der Waals surface area contributed by atoms with Crippen molar-refractivity contribution in [2.24, 2.45) is 45.3 Å². The number of ether oxygens (including phenoxy) is 4. The standard InChI is InChI=1S/C51H70N2O9/c1-32(54)59-36-28-38-48(6)24-22-39(60-42(56)29-41(55)52-30-33-16-12-10-13-17-33)46(2,3)37(48)21-26-49(38,7)50(8)25-20-35(43(36)50)51(9)27-23-40(61-51)47(4,5)62-45(58)44(57)53-31-34-18-14-11-15-19-34/h10-19,35-40,43H,20-31H2,1-9H3,(H,52,55)(H,53,57)/t35-,36+,37-,38+,39+,40+,43-,48-,49+,50+,51-/m0/s1. The fraction of sp³-hybridized carbons (Fsp3) is 0.667. The predicted octanol–water partition coefficient (Wildman–Crippen LogP) is 8.41. The minimum atomic E-state index is -1.05. The highest BCUT2D eigenvalue weighted by atomic mass is 16.6. The molecular weight excluding hydrogens is 785 g/mol. The lowest BCUT2D eigenvalue weighted by molar-refractivity contribution is -0.254. The van der Waals surface area contributed by atoms with Crippen LogP contribution in [0.5, 0.6) is 0 Å². The molecule has 0 unspecified atom stereocenters. The van der Waals surface area contributed by atoms with E-state index in [0.29, 0.717) is 19.4 Å². The summed E-state index contributed by atoms with van der Waals surface area (Å²) in [5.41, 5.74) is -0.405. The second kappa shape index (κ2) is 17.0. The summed E-state index contributed by atoms with van der Waals surface area (Å²) in [7, 11) is 0. The molecule has 7 rings (SSSR count). The first-order valence-electron chi connectivity index (χ1n) is 23.0. The van der Waals surface area contributed by atoms with Crippen LogP contribution in [0.15, 0.2) is 60.7 Å². The van der Waals surface area contributed by atoms with Gasteiger partial charge in [-0.2, -0.15) is 0 Å². The second-order valence-corrected chi connectivity index (χ2v) is 21.4. The van der Waals surface area contributed by atoms with Gasteiger partial charge in [-0.25, -0.2) is 4.79 Å². The molecule has 1 saturated heterocycles. The van der Waals surface area contributed by atoms with Gasteiger partial charge in [0.2, 0.25) is 5.91 Å². The number of hydrogen-bond donors (Lipinski definition) is 2. The van der Waals surface area contributed by atoms with Crippen molar-refractivity contribution in [1.29, 1.82) is 0 Å². The largest absolute Gasteiger partial charge is 0.462 e. The molecule has 0 radical (unpaired) electrons. The minimum absolute atomic E-state index is 0.0545. The van der Waals surface area contributed by atoms with E-state index >= 15 is 0 Å². The van der Waals surface area contributed by atoms with E-state index in [1.807, 2.05) is 74.5 Å². The summed E-state index contributed by atoms with van der Waals surface area (Å²) in [6.07, 6.45) is 6.30. The topological polar surface area (TPSA) is 146 Å². The Balaban J connectivity index is 1.04. The Kier molecular flexibility index (Phi) is 12.6. The molecule has 5 aliphatic rings. The first-order valence-corrected chi connectivity index (χ1v) is 23.0. The Hall–Kier alpha value is -4.25. The van der Waals surface area contributed by atoms with Gasteiger partial charge in [0.05, 0.1) is 11.7 Å². The van der Waals surface area contributed by atoms with E-state index in [9.17, 15) is 24.0 Å². The van der Waals surface area contributed by atoms with Gasteiger partial charge in [0.1, 0.15) is 24.2 Å². The fourth-order valence-corrected chi connectivity index (χ4v) is 13.9. The number of fused-ring (bicyclic) bond motifs is 5. The zero-order chi connectivity index (χ0) is 44.9. The molecule has 11 heteroatoms. The maximum Gasteiger partial charge on any atom is 0.397 e. The number of carbonyl (C=O) groups is 5. The van der Waals surface area contributed by atoms with Crippen molar-refractivity contribution in [3.8, 4) is 0 Å². The van der Waals surface area contributed by atoms with Crippen molar-refractivity contribution in [1.82, 2.24) is 10.6 Å². The average Bonchev–Trinajstić information content (AvgIpc) is 3.81. The molecule has 2 aromatic carbocycles. The smallest absolute Gasteiger partial charge is 0.397 e. The van der Waals surface area contributed by atoms with Gasteiger partial charge in [-0.1, -0.05) is 95.3 Å². The van der Waals surface area contributed by atoms with Crippen LogP contribution in [0.1, 0.15) is 138 Å². The average molecular weight is 855 g/mol. The van der Waals surface area contributed by atoms with Gasteiger partial charge in [0.25, 0.3) is 0 Å². The molecule has 62 heavy (non-hydrogen) atoms. The molecular formula is C51H70N2O9. The third-order valence-corrected chi connectivity index (χ3v) is 17.2. The van der Waals surface area contributed by atoms with E-state index in [0.717, 1.165) is 56.1 Å².